The summed E-state index contributed by atoms with van der Waals surface area (Å²) in [5, 5.41) is 4.35. The Kier molecular flexibility index (Phi) is 8.87. The maximum absolute atomic E-state index is 13.0. The first-order valence-electron chi connectivity index (χ1n) is 9.84. The summed E-state index contributed by atoms with van der Waals surface area (Å²) in [7, 11) is 0. The van der Waals surface area contributed by atoms with Gasteiger partial charge in [-0.15, -0.1) is 0 Å². The number of benzene rings is 3. The van der Waals surface area contributed by atoms with Gasteiger partial charge < -0.3 is 9.47 Å². The lowest BCUT2D eigenvalue weighted by Crippen LogP contribution is -2.19. The molecule has 1 N–H and O–H groups in total. The number of amides is 1. The molecule has 0 bridgehead atoms. The Morgan fingerprint density at radius 3 is 2.47 bits per heavy atom. The molecule has 166 valence electrons. The zero-order chi connectivity index (χ0) is 22.9. The van der Waals surface area contributed by atoms with Gasteiger partial charge in [0, 0.05) is 3.57 Å². The molecule has 0 fully saturated rings. The molecule has 0 radical (unpaired) electrons. The molecule has 0 spiro atoms. The first-order chi connectivity index (χ1) is 15.4. The van der Waals surface area contributed by atoms with Gasteiger partial charge >= 0.3 is 0 Å². The summed E-state index contributed by atoms with van der Waals surface area (Å²) in [6, 6.07) is 17.2. The smallest absolute Gasteiger partial charge is 0.244 e. The topological polar surface area (TPSA) is 59.9 Å². The van der Waals surface area contributed by atoms with E-state index in [0.29, 0.717) is 40.9 Å². The van der Waals surface area contributed by atoms with Crippen LogP contribution in [0.2, 0.25) is 5.02 Å². The number of nitrogens with one attached hydrogen (secondary N) is 1. The molecule has 0 aliphatic heterocycles. The Balaban J connectivity index is 1.65. The number of hydrogen-bond donors (Lipinski definition) is 1. The molecule has 0 saturated heterocycles. The largest absolute Gasteiger partial charge is 0.490 e. The second kappa shape index (κ2) is 11.8. The number of hydrogen-bond acceptors (Lipinski definition) is 4. The number of carbonyl (C=O) groups excluding carboxylic acids is 1. The van der Waals surface area contributed by atoms with E-state index >= 15 is 0 Å². The second-order valence-electron chi connectivity index (χ2n) is 6.77. The lowest BCUT2D eigenvalue weighted by atomic mass is 10.1. The minimum atomic E-state index is -0.347. The quantitative estimate of drug-likeness (QED) is 0.204. The Morgan fingerprint density at radius 2 is 1.78 bits per heavy atom. The zero-order valence-corrected chi connectivity index (χ0v) is 20.2. The number of carbonyl (C=O) groups is 1. The number of halogens is 3. The van der Waals surface area contributed by atoms with E-state index in [4.69, 9.17) is 21.1 Å². The van der Waals surface area contributed by atoms with Crippen molar-refractivity contribution in [2.75, 3.05) is 6.61 Å². The second-order valence-corrected chi connectivity index (χ2v) is 8.43. The van der Waals surface area contributed by atoms with Crippen molar-refractivity contribution in [1.82, 2.24) is 5.43 Å². The molecular formula is C24H21ClFIN2O3. The van der Waals surface area contributed by atoms with Crippen LogP contribution >= 0.6 is 34.2 Å². The Labute approximate surface area is 204 Å². The van der Waals surface area contributed by atoms with Crippen LogP contribution in [0.4, 0.5) is 4.39 Å². The van der Waals surface area contributed by atoms with Gasteiger partial charge in [-0.25, -0.2) is 9.82 Å². The molecule has 8 heteroatoms. The van der Waals surface area contributed by atoms with E-state index in [-0.39, 0.29) is 18.1 Å². The summed E-state index contributed by atoms with van der Waals surface area (Å²) in [5.41, 5.74) is 4.80. The molecule has 0 unspecified atom stereocenters. The highest BCUT2D eigenvalue weighted by atomic mass is 127. The van der Waals surface area contributed by atoms with Crippen molar-refractivity contribution >= 4 is 46.3 Å². The predicted octanol–water partition coefficient (Wildman–Crippen LogP) is 5.75. The summed E-state index contributed by atoms with van der Waals surface area (Å²) in [5.74, 6) is 0.274. The van der Waals surface area contributed by atoms with Crippen molar-refractivity contribution in [1.29, 1.82) is 0 Å². The third kappa shape index (κ3) is 7.20. The van der Waals surface area contributed by atoms with E-state index in [9.17, 15) is 9.18 Å². The van der Waals surface area contributed by atoms with Crippen LogP contribution in [0.3, 0.4) is 0 Å². The van der Waals surface area contributed by atoms with Gasteiger partial charge in [0.1, 0.15) is 12.4 Å². The Morgan fingerprint density at radius 1 is 1.09 bits per heavy atom. The van der Waals surface area contributed by atoms with Crippen molar-refractivity contribution in [2.45, 2.75) is 20.0 Å². The van der Waals surface area contributed by atoms with Gasteiger partial charge in [-0.1, -0.05) is 35.9 Å². The summed E-state index contributed by atoms with van der Waals surface area (Å²) in [4.78, 5) is 12.0. The van der Waals surface area contributed by atoms with Crippen LogP contribution in [0, 0.1) is 9.39 Å². The first kappa shape index (κ1) is 24.0. The normalized spacial score (nSPS) is 10.9. The van der Waals surface area contributed by atoms with Gasteiger partial charge in [-0.2, -0.15) is 5.10 Å². The molecule has 3 rings (SSSR count). The van der Waals surface area contributed by atoms with Crippen molar-refractivity contribution < 1.29 is 18.7 Å². The van der Waals surface area contributed by atoms with Crippen LogP contribution in [-0.4, -0.2) is 18.7 Å². The SMILES string of the molecule is CCOc1cc(/C=N/NC(=O)Cc2ccc(F)cc2)cc(Cl)c1OCc1ccc(I)cc1. The molecule has 0 saturated carbocycles. The molecule has 3 aromatic rings. The summed E-state index contributed by atoms with van der Waals surface area (Å²) in [6.07, 6.45) is 1.56. The van der Waals surface area contributed by atoms with Crippen LogP contribution in [0.25, 0.3) is 0 Å². The maximum Gasteiger partial charge on any atom is 0.244 e. The van der Waals surface area contributed by atoms with Crippen molar-refractivity contribution in [3.63, 3.8) is 0 Å². The molecule has 0 aromatic heterocycles. The Hall–Kier alpha value is -2.65. The van der Waals surface area contributed by atoms with Crippen LogP contribution in [-0.2, 0) is 17.8 Å². The first-order valence-corrected chi connectivity index (χ1v) is 11.3. The zero-order valence-electron chi connectivity index (χ0n) is 17.3. The fraction of sp³-hybridized carbons (Fsp3) is 0.167. The van der Waals surface area contributed by atoms with Crippen molar-refractivity contribution in [2.24, 2.45) is 5.10 Å². The van der Waals surface area contributed by atoms with Gasteiger partial charge in [-0.05, 0) is 82.6 Å². The highest BCUT2D eigenvalue weighted by molar-refractivity contribution is 14.1. The lowest BCUT2D eigenvalue weighted by Gasteiger charge is -2.14. The highest BCUT2D eigenvalue weighted by Crippen LogP contribution is 2.37. The van der Waals surface area contributed by atoms with E-state index in [1.807, 2.05) is 31.2 Å². The van der Waals surface area contributed by atoms with Gasteiger partial charge in [0.25, 0.3) is 0 Å². The average molecular weight is 567 g/mol. The van der Waals surface area contributed by atoms with Crippen LogP contribution in [0.5, 0.6) is 11.5 Å². The minimum Gasteiger partial charge on any atom is -0.490 e. The fourth-order valence-electron chi connectivity index (χ4n) is 2.81. The molecule has 5 nitrogen and oxygen atoms in total. The van der Waals surface area contributed by atoms with Gasteiger partial charge in [0.2, 0.25) is 5.91 Å². The lowest BCUT2D eigenvalue weighted by molar-refractivity contribution is -0.120. The molecule has 0 heterocycles. The number of nitrogens with zero attached hydrogens (tertiary/aromatic N) is 1. The predicted molar refractivity (Wildman–Crippen MR) is 132 cm³/mol. The summed E-state index contributed by atoms with van der Waals surface area (Å²) in [6.45, 7) is 2.65. The molecule has 0 aliphatic carbocycles. The van der Waals surface area contributed by atoms with E-state index in [1.165, 1.54) is 18.3 Å². The maximum atomic E-state index is 13.0. The van der Waals surface area contributed by atoms with E-state index in [0.717, 1.165) is 9.13 Å². The van der Waals surface area contributed by atoms with E-state index in [2.05, 4.69) is 33.1 Å². The standard InChI is InChI=1S/C24H21ClFIN2O3/c1-2-31-22-12-18(14-28-29-23(30)13-16-3-7-19(26)8-4-16)11-21(25)24(22)32-15-17-5-9-20(27)10-6-17/h3-12,14H,2,13,15H2,1H3,(H,29,30)/b28-14+. The van der Waals surface area contributed by atoms with Gasteiger partial charge in [-0.3, -0.25) is 4.79 Å². The molecule has 32 heavy (non-hydrogen) atoms. The molecule has 1 amide bonds. The Bertz CT molecular complexity index is 1090. The monoisotopic (exact) mass is 566 g/mol. The van der Waals surface area contributed by atoms with E-state index in [1.54, 1.807) is 24.3 Å². The van der Waals surface area contributed by atoms with Gasteiger partial charge in [0.05, 0.1) is 24.3 Å². The highest BCUT2D eigenvalue weighted by Gasteiger charge is 2.13. The molecular weight excluding hydrogens is 546 g/mol. The molecule has 0 atom stereocenters. The number of rotatable bonds is 9. The number of hydrazone groups is 1. The van der Waals surface area contributed by atoms with Crippen LogP contribution in [0.1, 0.15) is 23.6 Å². The third-order valence-electron chi connectivity index (χ3n) is 4.31. The van der Waals surface area contributed by atoms with Crippen molar-refractivity contribution in [3.05, 3.63) is 91.8 Å². The van der Waals surface area contributed by atoms with Crippen molar-refractivity contribution in [3.8, 4) is 11.5 Å². The van der Waals surface area contributed by atoms with Crippen LogP contribution < -0.4 is 14.9 Å². The minimum absolute atomic E-state index is 0.0912. The van der Waals surface area contributed by atoms with E-state index < -0.39 is 0 Å². The molecule has 3 aromatic carbocycles. The number of ether oxygens (including phenoxy) is 2. The molecule has 0 aliphatic rings. The van der Waals surface area contributed by atoms with Gasteiger partial charge in [0.15, 0.2) is 11.5 Å². The fourth-order valence-corrected chi connectivity index (χ4v) is 3.44. The summed E-state index contributed by atoms with van der Waals surface area (Å²) >= 11 is 8.69. The average Bonchev–Trinajstić information content (AvgIpc) is 2.76. The third-order valence-corrected chi connectivity index (χ3v) is 5.31. The van der Waals surface area contributed by atoms with Crippen LogP contribution in [0.15, 0.2) is 65.8 Å². The summed E-state index contributed by atoms with van der Waals surface area (Å²) < 4.78 is 25.7.